The first-order chi connectivity index (χ1) is 27.2. The first-order valence-electron chi connectivity index (χ1n) is 20.8. The highest BCUT2D eigenvalue weighted by molar-refractivity contribution is 5.85. The van der Waals surface area contributed by atoms with Gasteiger partial charge in [0.05, 0.1) is 28.8 Å². The molecule has 7 aromatic rings. The fraction of sp³-hybridized carbons (Fsp3) is 0.340. The Balaban J connectivity index is 1.47. The van der Waals surface area contributed by atoms with Gasteiger partial charge in [0.2, 0.25) is 0 Å². The number of rotatable bonds is 7. The molecule has 7 rings (SSSR count). The van der Waals surface area contributed by atoms with Crippen molar-refractivity contribution in [2.24, 2.45) is 0 Å². The largest absolute Gasteiger partial charge is 0.507 e. The van der Waals surface area contributed by atoms with Crippen molar-refractivity contribution < 1.29 is 5.11 Å². The van der Waals surface area contributed by atoms with Crippen molar-refractivity contribution in [3.05, 3.63) is 137 Å². The third-order valence-electron chi connectivity index (χ3n) is 11.4. The zero-order valence-electron chi connectivity index (χ0n) is 36.8. The second-order valence-electron chi connectivity index (χ2n) is 19.7. The molecule has 3 heterocycles. The summed E-state index contributed by atoms with van der Waals surface area (Å²) in [5.74, 6) is 1.66. The highest BCUT2D eigenvalue weighted by Gasteiger charge is 2.28. The SMILES string of the molecule is CC(C)c1cc(-c2ccccc2)cc(C(C)C)c1-n1c(-c2cccc(-c3cc(C(C)(C)C)cc(-c4cc(C(C)(C)C)cc(C(C)(C)C)c4O)n3)c2)nc2cnccc21. The Morgan fingerprint density at radius 1 is 0.552 bits per heavy atom. The predicted octanol–water partition coefficient (Wildman–Crippen LogP) is 14.3. The molecule has 0 radical (unpaired) electrons. The average Bonchev–Trinajstić information content (AvgIpc) is 3.56. The molecular formula is C53H60N4O. The summed E-state index contributed by atoms with van der Waals surface area (Å²) in [6, 6.07) is 34.8. The number of aromatic nitrogens is 4. The van der Waals surface area contributed by atoms with Crippen LogP contribution in [0.1, 0.15) is 130 Å². The van der Waals surface area contributed by atoms with Crippen LogP contribution in [-0.4, -0.2) is 24.6 Å². The third kappa shape index (κ3) is 7.84. The van der Waals surface area contributed by atoms with E-state index in [-0.39, 0.29) is 28.1 Å². The molecule has 1 N–H and O–H groups in total. The maximum absolute atomic E-state index is 12.0. The summed E-state index contributed by atoms with van der Waals surface area (Å²) in [5.41, 5.74) is 15.1. The Labute approximate surface area is 346 Å². The number of phenols is 1. The van der Waals surface area contributed by atoms with Gasteiger partial charge >= 0.3 is 0 Å². The third-order valence-corrected chi connectivity index (χ3v) is 11.4. The molecule has 0 fully saturated rings. The van der Waals surface area contributed by atoms with E-state index in [1.807, 2.05) is 12.4 Å². The maximum atomic E-state index is 12.0. The van der Waals surface area contributed by atoms with Crippen molar-refractivity contribution in [1.82, 2.24) is 19.5 Å². The van der Waals surface area contributed by atoms with Gasteiger partial charge in [-0.3, -0.25) is 9.55 Å². The van der Waals surface area contributed by atoms with Gasteiger partial charge in [0.15, 0.2) is 0 Å². The van der Waals surface area contributed by atoms with Crippen LogP contribution in [0.2, 0.25) is 0 Å². The molecular weight excluding hydrogens is 709 g/mol. The Morgan fingerprint density at radius 2 is 1.14 bits per heavy atom. The van der Waals surface area contributed by atoms with E-state index < -0.39 is 0 Å². The van der Waals surface area contributed by atoms with Crippen LogP contribution in [0.4, 0.5) is 0 Å². The van der Waals surface area contributed by atoms with Gasteiger partial charge in [0, 0.05) is 28.5 Å². The fourth-order valence-electron chi connectivity index (χ4n) is 7.87. The van der Waals surface area contributed by atoms with Crippen molar-refractivity contribution in [3.63, 3.8) is 0 Å². The topological polar surface area (TPSA) is 63.8 Å². The number of hydrogen-bond acceptors (Lipinski definition) is 4. The van der Waals surface area contributed by atoms with Crippen molar-refractivity contribution >= 4 is 11.0 Å². The minimum atomic E-state index is -0.257. The van der Waals surface area contributed by atoms with Crippen molar-refractivity contribution in [3.8, 4) is 56.5 Å². The summed E-state index contributed by atoms with van der Waals surface area (Å²) in [6.45, 7) is 29.0. The van der Waals surface area contributed by atoms with Gasteiger partial charge < -0.3 is 5.11 Å². The second-order valence-corrected chi connectivity index (χ2v) is 19.7. The number of pyridine rings is 2. The molecule has 0 saturated heterocycles. The van der Waals surface area contributed by atoms with E-state index in [0.29, 0.717) is 5.75 Å². The van der Waals surface area contributed by atoms with Gasteiger partial charge in [0.25, 0.3) is 0 Å². The fourth-order valence-corrected chi connectivity index (χ4v) is 7.87. The molecule has 0 aliphatic rings. The van der Waals surface area contributed by atoms with E-state index in [4.69, 9.17) is 9.97 Å². The minimum Gasteiger partial charge on any atom is -0.507 e. The first kappa shape index (κ1) is 40.6. The van der Waals surface area contributed by atoms with Gasteiger partial charge in [-0.2, -0.15) is 0 Å². The number of aromatic hydroxyl groups is 1. The summed E-state index contributed by atoms with van der Waals surface area (Å²) < 4.78 is 2.37. The molecule has 0 aliphatic carbocycles. The Bertz CT molecular complexity index is 2600. The first-order valence-corrected chi connectivity index (χ1v) is 20.8. The molecule has 58 heavy (non-hydrogen) atoms. The van der Waals surface area contributed by atoms with Crippen LogP contribution >= 0.6 is 0 Å². The lowest BCUT2D eigenvalue weighted by Gasteiger charge is -2.28. The quantitative estimate of drug-likeness (QED) is 0.175. The van der Waals surface area contributed by atoms with Crippen LogP contribution < -0.4 is 0 Å². The molecule has 0 spiro atoms. The van der Waals surface area contributed by atoms with Crippen LogP contribution in [0.3, 0.4) is 0 Å². The molecule has 5 nitrogen and oxygen atoms in total. The maximum Gasteiger partial charge on any atom is 0.145 e. The Kier molecular flexibility index (Phi) is 10.5. The summed E-state index contributed by atoms with van der Waals surface area (Å²) in [6.07, 6.45) is 3.73. The number of imidazole rings is 1. The van der Waals surface area contributed by atoms with Crippen LogP contribution in [0.25, 0.3) is 61.8 Å². The monoisotopic (exact) mass is 768 g/mol. The predicted molar refractivity (Wildman–Crippen MR) is 244 cm³/mol. The summed E-state index contributed by atoms with van der Waals surface area (Å²) in [4.78, 5) is 15.2. The zero-order valence-corrected chi connectivity index (χ0v) is 36.8. The number of benzene rings is 4. The average molecular weight is 769 g/mol. The molecule has 0 unspecified atom stereocenters. The van der Waals surface area contributed by atoms with Crippen molar-refractivity contribution in [2.75, 3.05) is 0 Å². The van der Waals surface area contributed by atoms with E-state index in [2.05, 4.69) is 197 Å². The Morgan fingerprint density at radius 3 is 1.74 bits per heavy atom. The van der Waals surface area contributed by atoms with Crippen LogP contribution in [0, 0.1) is 0 Å². The number of hydrogen-bond donors (Lipinski definition) is 1. The lowest BCUT2D eigenvalue weighted by Crippen LogP contribution is -2.17. The summed E-state index contributed by atoms with van der Waals surface area (Å²) in [7, 11) is 0. The number of fused-ring (bicyclic) bond motifs is 1. The lowest BCUT2D eigenvalue weighted by molar-refractivity contribution is 0.446. The highest BCUT2D eigenvalue weighted by atomic mass is 16.3. The smallest absolute Gasteiger partial charge is 0.145 e. The van der Waals surface area contributed by atoms with Gasteiger partial charge in [-0.1, -0.05) is 145 Å². The summed E-state index contributed by atoms with van der Waals surface area (Å²) in [5, 5.41) is 12.0. The van der Waals surface area contributed by atoms with Gasteiger partial charge in [-0.25, -0.2) is 9.97 Å². The molecule has 0 amide bonds. The van der Waals surface area contributed by atoms with Gasteiger partial charge in [0.1, 0.15) is 17.1 Å². The van der Waals surface area contributed by atoms with Gasteiger partial charge in [-0.05, 0) is 104 Å². The van der Waals surface area contributed by atoms with Crippen molar-refractivity contribution in [1.29, 1.82) is 0 Å². The summed E-state index contributed by atoms with van der Waals surface area (Å²) >= 11 is 0. The zero-order chi connectivity index (χ0) is 41.9. The van der Waals surface area contributed by atoms with E-state index in [9.17, 15) is 5.11 Å². The normalized spacial score (nSPS) is 12.6. The number of phenolic OH excluding ortho intramolecular Hbond substituents is 1. The van der Waals surface area contributed by atoms with E-state index in [0.717, 1.165) is 56.1 Å². The molecule has 0 aliphatic heterocycles. The van der Waals surface area contributed by atoms with E-state index in [1.165, 1.54) is 33.5 Å². The van der Waals surface area contributed by atoms with E-state index >= 15 is 0 Å². The molecule has 0 bridgehead atoms. The van der Waals surface area contributed by atoms with Gasteiger partial charge in [-0.15, -0.1) is 0 Å². The van der Waals surface area contributed by atoms with Crippen LogP contribution in [0.5, 0.6) is 5.75 Å². The molecule has 0 saturated carbocycles. The highest BCUT2D eigenvalue weighted by Crippen LogP contribution is 2.44. The number of nitrogens with zero attached hydrogens (tertiary/aromatic N) is 4. The standard InChI is InChI=1S/C53H60N4O/c1-32(2)40-25-37(34-18-15-14-16-19-34)26-41(33(3)4)48(40)57-47-22-23-54-31-46(47)56-50(57)36-21-17-20-35(24-36)44-29-39(52(8,9)10)30-45(55-44)42-27-38(51(5,6)7)28-43(49(42)58)53(11,12)13/h14-33,58H,1-13H3. The Hall–Kier alpha value is -5.55. The van der Waals surface area contributed by atoms with Crippen LogP contribution in [0.15, 0.2) is 109 Å². The van der Waals surface area contributed by atoms with Crippen molar-refractivity contribution in [2.45, 2.75) is 118 Å². The second kappa shape index (κ2) is 15.0. The molecule has 3 aromatic heterocycles. The molecule has 4 aromatic carbocycles. The molecule has 0 atom stereocenters. The molecule has 5 heteroatoms. The van der Waals surface area contributed by atoms with E-state index in [1.54, 1.807) is 0 Å². The lowest BCUT2D eigenvalue weighted by atomic mass is 9.78. The minimum absolute atomic E-state index is 0.116. The molecule has 298 valence electrons. The van der Waals surface area contributed by atoms with Crippen LogP contribution in [-0.2, 0) is 16.2 Å².